The normalized spacial score (nSPS) is 12.2. The Morgan fingerprint density at radius 3 is 2.53 bits per heavy atom. The molecule has 0 bridgehead atoms. The minimum atomic E-state index is 0.835. The van der Waals surface area contributed by atoms with Crippen LogP contribution in [0.3, 0.4) is 0 Å². The molecule has 0 spiro atoms. The molecule has 94 valence electrons. The molecule has 0 heterocycles. The van der Waals surface area contributed by atoms with E-state index < -0.39 is 0 Å². The molecule has 1 heteroatoms. The van der Waals surface area contributed by atoms with Crippen molar-refractivity contribution in [3.63, 3.8) is 0 Å². The molecule has 0 saturated carbocycles. The minimum absolute atomic E-state index is 0.835. The van der Waals surface area contributed by atoms with Crippen LogP contribution in [0.15, 0.2) is 46.9 Å². The van der Waals surface area contributed by atoms with Crippen LogP contribution < -0.4 is 0 Å². The quantitative estimate of drug-likeness (QED) is 0.450. The van der Waals surface area contributed by atoms with Gasteiger partial charge in [-0.05, 0) is 56.9 Å². The van der Waals surface area contributed by atoms with E-state index in [-0.39, 0.29) is 0 Å². The largest absolute Gasteiger partial charge is 0.126 e. The van der Waals surface area contributed by atoms with Gasteiger partial charge in [0.15, 0.2) is 0 Å². The van der Waals surface area contributed by atoms with Gasteiger partial charge >= 0.3 is 0 Å². The number of hydrogen-bond donors (Lipinski definition) is 0. The summed E-state index contributed by atoms with van der Waals surface area (Å²) in [6.07, 6.45) is 6.22. The van der Waals surface area contributed by atoms with Crippen molar-refractivity contribution in [1.29, 1.82) is 0 Å². The third-order valence-corrected chi connectivity index (χ3v) is 3.88. The van der Waals surface area contributed by atoms with Gasteiger partial charge in [-0.25, -0.2) is 0 Å². The van der Waals surface area contributed by atoms with Gasteiger partial charge in [0.25, 0.3) is 0 Å². The highest BCUT2D eigenvalue weighted by Gasteiger charge is 2.01. The maximum absolute atomic E-state index is 2.37. The van der Waals surface area contributed by atoms with Crippen LogP contribution in [0.25, 0.3) is 0 Å². The average molecular weight is 248 g/mol. The Labute approximate surface area is 111 Å². The maximum atomic E-state index is 2.37. The first-order valence-electron chi connectivity index (χ1n) is 6.49. The Balaban J connectivity index is 2.12. The lowest BCUT2D eigenvalue weighted by atomic mass is 10.0. The first-order chi connectivity index (χ1) is 8.18. The van der Waals surface area contributed by atoms with Gasteiger partial charge < -0.3 is 0 Å². The highest BCUT2D eigenvalue weighted by molar-refractivity contribution is 7.99. The Bertz CT molecular complexity index is 323. The van der Waals surface area contributed by atoms with E-state index in [1.807, 2.05) is 11.8 Å². The smallest absolute Gasteiger partial charge is 0.00719 e. The molecule has 1 aromatic carbocycles. The number of rotatable bonds is 7. The molecule has 1 rings (SSSR count). The zero-order chi connectivity index (χ0) is 12.5. The molecule has 0 aliphatic carbocycles. The van der Waals surface area contributed by atoms with Crippen molar-refractivity contribution < 1.29 is 0 Å². The van der Waals surface area contributed by atoms with E-state index in [1.54, 1.807) is 0 Å². The second-order valence-electron chi connectivity index (χ2n) is 4.91. The van der Waals surface area contributed by atoms with Gasteiger partial charge in [-0.1, -0.05) is 36.8 Å². The van der Waals surface area contributed by atoms with Crippen LogP contribution in [0.4, 0.5) is 0 Å². The molecule has 0 radical (unpaired) electrons. The lowest BCUT2D eigenvalue weighted by Gasteiger charge is -2.09. The van der Waals surface area contributed by atoms with Gasteiger partial charge in [0, 0.05) is 4.90 Å². The summed E-state index contributed by atoms with van der Waals surface area (Å²) in [5.74, 6) is 2.07. The van der Waals surface area contributed by atoms with E-state index >= 15 is 0 Å². The van der Waals surface area contributed by atoms with Crippen molar-refractivity contribution in [1.82, 2.24) is 0 Å². The predicted molar refractivity (Wildman–Crippen MR) is 79.6 cm³/mol. The lowest BCUT2D eigenvalue weighted by molar-refractivity contribution is 0.525. The van der Waals surface area contributed by atoms with Gasteiger partial charge in [-0.2, -0.15) is 0 Å². The molecule has 0 fully saturated rings. The summed E-state index contributed by atoms with van der Waals surface area (Å²) >= 11 is 1.97. The SMILES string of the molecule is CC(C)=CCC[C@H](C)CCSc1ccccc1. The summed E-state index contributed by atoms with van der Waals surface area (Å²) < 4.78 is 0. The van der Waals surface area contributed by atoms with Crippen LogP contribution in [-0.4, -0.2) is 5.75 Å². The molecule has 17 heavy (non-hydrogen) atoms. The van der Waals surface area contributed by atoms with Crippen LogP contribution >= 0.6 is 11.8 Å². The summed E-state index contributed by atoms with van der Waals surface area (Å²) in [7, 11) is 0. The molecule has 0 aliphatic rings. The van der Waals surface area contributed by atoms with Crippen molar-refractivity contribution in [3.05, 3.63) is 42.0 Å². The van der Waals surface area contributed by atoms with Crippen molar-refractivity contribution in [2.45, 2.75) is 44.9 Å². The van der Waals surface area contributed by atoms with Gasteiger partial charge in [0.2, 0.25) is 0 Å². The van der Waals surface area contributed by atoms with Crippen molar-refractivity contribution >= 4 is 11.8 Å². The first kappa shape index (κ1) is 14.4. The zero-order valence-corrected chi connectivity index (χ0v) is 12.1. The molecule has 1 atom stereocenters. The zero-order valence-electron chi connectivity index (χ0n) is 11.3. The minimum Gasteiger partial charge on any atom is -0.126 e. The van der Waals surface area contributed by atoms with Crippen LogP contribution in [0.1, 0.15) is 40.0 Å². The first-order valence-corrected chi connectivity index (χ1v) is 7.48. The van der Waals surface area contributed by atoms with E-state index in [0.717, 1.165) is 5.92 Å². The fraction of sp³-hybridized carbons (Fsp3) is 0.500. The lowest BCUT2D eigenvalue weighted by Crippen LogP contribution is -1.95. The second-order valence-corrected chi connectivity index (χ2v) is 6.08. The van der Waals surface area contributed by atoms with E-state index in [4.69, 9.17) is 0 Å². The van der Waals surface area contributed by atoms with Crippen LogP contribution in [0.2, 0.25) is 0 Å². The van der Waals surface area contributed by atoms with Gasteiger partial charge in [-0.3, -0.25) is 0 Å². The molecule has 0 aliphatic heterocycles. The maximum Gasteiger partial charge on any atom is 0.00719 e. The Morgan fingerprint density at radius 2 is 1.88 bits per heavy atom. The van der Waals surface area contributed by atoms with E-state index in [9.17, 15) is 0 Å². The highest BCUT2D eigenvalue weighted by Crippen LogP contribution is 2.21. The second kappa shape index (κ2) is 8.41. The summed E-state index contributed by atoms with van der Waals surface area (Å²) in [5, 5.41) is 0. The molecule has 0 N–H and O–H groups in total. The van der Waals surface area contributed by atoms with Crippen molar-refractivity contribution in [3.8, 4) is 0 Å². The van der Waals surface area contributed by atoms with Crippen LogP contribution in [0.5, 0.6) is 0 Å². The average Bonchev–Trinajstić information content (AvgIpc) is 2.30. The predicted octanol–water partition coefficient (Wildman–Crippen LogP) is 5.55. The van der Waals surface area contributed by atoms with Crippen LogP contribution in [-0.2, 0) is 0 Å². The Morgan fingerprint density at radius 1 is 1.18 bits per heavy atom. The van der Waals surface area contributed by atoms with Crippen molar-refractivity contribution in [2.75, 3.05) is 5.75 Å². The molecule has 1 aromatic rings. The molecule has 0 saturated heterocycles. The fourth-order valence-corrected chi connectivity index (χ4v) is 2.80. The molecule has 0 unspecified atom stereocenters. The molecular weight excluding hydrogens is 224 g/mol. The standard InChI is InChI=1S/C16H24S/c1-14(2)8-7-9-15(3)12-13-17-16-10-5-4-6-11-16/h4-6,8,10-11,15H,7,9,12-13H2,1-3H3/t15-/m0/s1. The summed E-state index contributed by atoms with van der Waals surface area (Å²) in [6, 6.07) is 10.7. The Hall–Kier alpha value is -0.690. The van der Waals surface area contributed by atoms with E-state index in [2.05, 4.69) is 57.2 Å². The van der Waals surface area contributed by atoms with Gasteiger partial charge in [0.05, 0.1) is 0 Å². The number of allylic oxidation sites excluding steroid dienone is 2. The summed E-state index contributed by atoms with van der Waals surface area (Å²) in [6.45, 7) is 6.72. The molecule has 0 nitrogen and oxygen atoms in total. The summed E-state index contributed by atoms with van der Waals surface area (Å²) in [5.41, 5.74) is 1.44. The van der Waals surface area contributed by atoms with Crippen LogP contribution in [0, 0.1) is 5.92 Å². The fourth-order valence-electron chi connectivity index (χ4n) is 1.70. The molecule has 0 amide bonds. The van der Waals surface area contributed by atoms with E-state index in [1.165, 1.54) is 35.5 Å². The molecular formula is C16H24S. The highest BCUT2D eigenvalue weighted by atomic mass is 32.2. The number of hydrogen-bond acceptors (Lipinski definition) is 1. The third-order valence-electron chi connectivity index (χ3n) is 2.83. The molecule has 0 aromatic heterocycles. The van der Waals surface area contributed by atoms with Gasteiger partial charge in [0.1, 0.15) is 0 Å². The third kappa shape index (κ3) is 7.27. The van der Waals surface area contributed by atoms with Crippen molar-refractivity contribution in [2.24, 2.45) is 5.92 Å². The number of thioether (sulfide) groups is 1. The summed E-state index contributed by atoms with van der Waals surface area (Å²) in [4.78, 5) is 1.39. The topological polar surface area (TPSA) is 0 Å². The monoisotopic (exact) mass is 248 g/mol. The van der Waals surface area contributed by atoms with E-state index in [0.29, 0.717) is 0 Å². The Kier molecular flexibility index (Phi) is 7.11. The van der Waals surface area contributed by atoms with Gasteiger partial charge in [-0.15, -0.1) is 11.8 Å². The number of benzene rings is 1.